The fourth-order valence-electron chi connectivity index (χ4n) is 2.70. The molecule has 0 heterocycles. The van der Waals surface area contributed by atoms with Crippen molar-refractivity contribution in [1.29, 1.82) is 0 Å². The Bertz CT molecular complexity index is 614. The molecule has 156 valence electrons. The lowest BCUT2D eigenvalue weighted by atomic mass is 10.0. The molecule has 0 saturated carbocycles. The van der Waals surface area contributed by atoms with Gasteiger partial charge in [-0.3, -0.25) is 4.55 Å². The molecule has 1 atom stereocenters. The number of hydrogen-bond acceptors (Lipinski definition) is 5. The molecule has 0 fully saturated rings. The zero-order valence-electron chi connectivity index (χ0n) is 16.8. The lowest BCUT2D eigenvalue weighted by Gasteiger charge is -2.25. The number of aryl methyl sites for hydroxylation is 1. The van der Waals surface area contributed by atoms with E-state index in [2.05, 4.69) is 6.92 Å². The molecule has 0 aliphatic rings. The summed E-state index contributed by atoms with van der Waals surface area (Å²) >= 11 is 0. The molecular formula is C20H34O6S. The van der Waals surface area contributed by atoms with Crippen molar-refractivity contribution in [2.24, 2.45) is 0 Å². The predicted molar refractivity (Wildman–Crippen MR) is 107 cm³/mol. The molecule has 6 nitrogen and oxygen atoms in total. The summed E-state index contributed by atoms with van der Waals surface area (Å²) in [6, 6.07) is 7.89. The average molecular weight is 403 g/mol. The Labute approximate surface area is 164 Å². The third-order valence-corrected chi connectivity index (χ3v) is 5.51. The standard InChI is InChI=1S/C20H34O6S/c1-4-6-7-8-9-10-11-18-12-14-19(15-13-18)24-16-17-26-20(3,25-5-2)27(21,22)23/h12-15H,4-11,16-17H2,1-3H3,(H,21,22,23). The van der Waals surface area contributed by atoms with Crippen molar-refractivity contribution >= 4 is 10.1 Å². The molecule has 0 amide bonds. The molecule has 0 radical (unpaired) electrons. The Hall–Kier alpha value is -1.15. The summed E-state index contributed by atoms with van der Waals surface area (Å²) in [5, 5.41) is -2.08. The zero-order chi connectivity index (χ0) is 20.2. The maximum absolute atomic E-state index is 11.4. The van der Waals surface area contributed by atoms with Crippen LogP contribution in [-0.4, -0.2) is 37.9 Å². The maximum Gasteiger partial charge on any atom is 0.321 e. The summed E-state index contributed by atoms with van der Waals surface area (Å²) in [7, 11) is -4.49. The molecule has 0 bridgehead atoms. The van der Waals surface area contributed by atoms with Crippen molar-refractivity contribution in [1.82, 2.24) is 0 Å². The topological polar surface area (TPSA) is 82.1 Å². The van der Waals surface area contributed by atoms with E-state index in [0.29, 0.717) is 5.75 Å². The molecule has 7 heteroatoms. The minimum Gasteiger partial charge on any atom is -0.491 e. The molecule has 1 N–H and O–H groups in total. The van der Waals surface area contributed by atoms with Crippen LogP contribution in [0.25, 0.3) is 0 Å². The van der Waals surface area contributed by atoms with Crippen LogP contribution in [-0.2, 0) is 26.0 Å². The second kappa shape index (κ2) is 12.3. The largest absolute Gasteiger partial charge is 0.491 e. The number of hydrogen-bond donors (Lipinski definition) is 1. The van der Waals surface area contributed by atoms with Crippen molar-refractivity contribution in [3.05, 3.63) is 29.8 Å². The second-order valence-electron chi connectivity index (χ2n) is 6.63. The van der Waals surface area contributed by atoms with Gasteiger partial charge in [-0.1, -0.05) is 51.2 Å². The monoisotopic (exact) mass is 402 g/mol. The van der Waals surface area contributed by atoms with Gasteiger partial charge in [0.15, 0.2) is 0 Å². The molecule has 0 aliphatic heterocycles. The molecule has 0 aromatic heterocycles. The van der Waals surface area contributed by atoms with Crippen LogP contribution in [0.15, 0.2) is 24.3 Å². The molecular weight excluding hydrogens is 368 g/mol. The van der Waals surface area contributed by atoms with Gasteiger partial charge in [0, 0.05) is 13.5 Å². The lowest BCUT2D eigenvalue weighted by molar-refractivity contribution is -0.170. The summed E-state index contributed by atoms with van der Waals surface area (Å²) < 4.78 is 47.7. The Morgan fingerprint density at radius 1 is 0.926 bits per heavy atom. The van der Waals surface area contributed by atoms with Crippen LogP contribution in [0.4, 0.5) is 0 Å². The Balaban J connectivity index is 2.31. The van der Waals surface area contributed by atoms with E-state index in [0.717, 1.165) is 6.42 Å². The highest BCUT2D eigenvalue weighted by Gasteiger charge is 2.40. The van der Waals surface area contributed by atoms with Crippen molar-refractivity contribution in [3.63, 3.8) is 0 Å². The quantitative estimate of drug-likeness (QED) is 0.263. The van der Waals surface area contributed by atoms with Crippen LogP contribution in [0.2, 0.25) is 0 Å². The molecule has 1 aromatic carbocycles. The summed E-state index contributed by atoms with van der Waals surface area (Å²) in [5.41, 5.74) is 1.28. The van der Waals surface area contributed by atoms with E-state index >= 15 is 0 Å². The highest BCUT2D eigenvalue weighted by Crippen LogP contribution is 2.20. The Kier molecular flexibility index (Phi) is 10.9. The van der Waals surface area contributed by atoms with Gasteiger partial charge < -0.3 is 14.2 Å². The average Bonchev–Trinajstić information content (AvgIpc) is 2.62. The van der Waals surface area contributed by atoms with Crippen LogP contribution < -0.4 is 4.74 Å². The molecule has 27 heavy (non-hydrogen) atoms. The third kappa shape index (κ3) is 9.06. The maximum atomic E-state index is 11.4. The first-order chi connectivity index (χ1) is 12.8. The van der Waals surface area contributed by atoms with Crippen LogP contribution in [0, 0.1) is 0 Å². The predicted octanol–water partition coefficient (Wildman–Crippen LogP) is 4.58. The van der Waals surface area contributed by atoms with E-state index in [1.54, 1.807) is 6.92 Å². The number of ether oxygens (including phenoxy) is 3. The lowest BCUT2D eigenvalue weighted by Crippen LogP contribution is -2.42. The number of rotatable bonds is 15. The van der Waals surface area contributed by atoms with Gasteiger partial charge in [-0.15, -0.1) is 0 Å². The van der Waals surface area contributed by atoms with E-state index < -0.39 is 15.2 Å². The van der Waals surface area contributed by atoms with Gasteiger partial charge in [0.25, 0.3) is 5.12 Å². The van der Waals surface area contributed by atoms with Gasteiger partial charge in [0.05, 0.1) is 6.61 Å². The third-order valence-electron chi connectivity index (χ3n) is 4.33. The van der Waals surface area contributed by atoms with Crippen LogP contribution in [0.1, 0.15) is 64.9 Å². The summed E-state index contributed by atoms with van der Waals surface area (Å²) in [6.45, 7) is 5.22. The fourth-order valence-corrected chi connectivity index (χ4v) is 3.20. The normalized spacial score (nSPS) is 14.1. The molecule has 1 rings (SSSR count). The number of benzene rings is 1. The Morgan fingerprint density at radius 3 is 2.15 bits per heavy atom. The minimum absolute atomic E-state index is 0.0319. The highest BCUT2D eigenvalue weighted by molar-refractivity contribution is 7.86. The van der Waals surface area contributed by atoms with Gasteiger partial charge in [-0.2, -0.15) is 8.42 Å². The summed E-state index contributed by atoms with van der Waals surface area (Å²) in [5.74, 6) is 0.690. The van der Waals surface area contributed by atoms with Crippen LogP contribution in [0.3, 0.4) is 0 Å². The molecule has 0 aliphatic carbocycles. The van der Waals surface area contributed by atoms with E-state index in [-0.39, 0.29) is 19.8 Å². The van der Waals surface area contributed by atoms with Gasteiger partial charge >= 0.3 is 10.1 Å². The molecule has 0 saturated heterocycles. The van der Waals surface area contributed by atoms with E-state index in [9.17, 15) is 13.0 Å². The van der Waals surface area contributed by atoms with Crippen LogP contribution >= 0.6 is 0 Å². The van der Waals surface area contributed by atoms with Crippen LogP contribution in [0.5, 0.6) is 5.75 Å². The van der Waals surface area contributed by atoms with Gasteiger partial charge in [0.1, 0.15) is 12.4 Å². The van der Waals surface area contributed by atoms with Gasteiger partial charge in [-0.25, -0.2) is 0 Å². The smallest absolute Gasteiger partial charge is 0.321 e. The van der Waals surface area contributed by atoms with Crippen molar-refractivity contribution in [2.45, 2.75) is 70.8 Å². The minimum atomic E-state index is -4.49. The fraction of sp³-hybridized carbons (Fsp3) is 0.700. The van der Waals surface area contributed by atoms with E-state index in [1.807, 2.05) is 24.3 Å². The number of unbranched alkanes of at least 4 members (excludes halogenated alkanes) is 5. The molecule has 1 aromatic rings. The molecule has 0 spiro atoms. The van der Waals surface area contributed by atoms with Gasteiger partial charge in [-0.05, 0) is 37.5 Å². The Morgan fingerprint density at radius 2 is 1.56 bits per heavy atom. The molecule has 1 unspecified atom stereocenters. The summed E-state index contributed by atoms with van der Waals surface area (Å²) in [4.78, 5) is 0. The van der Waals surface area contributed by atoms with E-state index in [1.165, 1.54) is 51.0 Å². The summed E-state index contributed by atoms with van der Waals surface area (Å²) in [6.07, 6.45) is 8.75. The van der Waals surface area contributed by atoms with Crippen molar-refractivity contribution < 1.29 is 27.2 Å². The highest BCUT2D eigenvalue weighted by atomic mass is 32.2. The second-order valence-corrected chi connectivity index (χ2v) is 8.32. The first-order valence-electron chi connectivity index (χ1n) is 9.79. The van der Waals surface area contributed by atoms with Crippen molar-refractivity contribution in [2.75, 3.05) is 19.8 Å². The van der Waals surface area contributed by atoms with Crippen molar-refractivity contribution in [3.8, 4) is 5.75 Å². The first kappa shape index (κ1) is 23.9. The van der Waals surface area contributed by atoms with E-state index in [4.69, 9.17) is 14.2 Å². The zero-order valence-corrected chi connectivity index (χ0v) is 17.6. The SMILES string of the molecule is CCCCCCCCc1ccc(OCCOC(C)(OCC)S(=O)(=O)O)cc1. The van der Waals surface area contributed by atoms with Gasteiger partial charge in [0.2, 0.25) is 0 Å². The first-order valence-corrected chi connectivity index (χ1v) is 11.2.